The predicted molar refractivity (Wildman–Crippen MR) is 104 cm³/mol. The van der Waals surface area contributed by atoms with E-state index >= 15 is 0 Å². The van der Waals surface area contributed by atoms with Crippen LogP contribution in [0.15, 0.2) is 72.6 Å². The minimum Gasteiger partial charge on any atom is -0.632 e. The smallest absolute Gasteiger partial charge is 0.147 e. The third-order valence-corrected chi connectivity index (χ3v) is 5.08. The first-order valence-electron chi connectivity index (χ1n) is 9.20. The minimum absolute atomic E-state index is 0.208. The van der Waals surface area contributed by atoms with Crippen molar-refractivity contribution < 1.29 is 9.38 Å². The molecule has 0 saturated heterocycles. The average Bonchev–Trinajstić information content (AvgIpc) is 3.09. The molecule has 0 spiro atoms. The molecule has 2 aromatic carbocycles. The molecule has 0 fully saturated rings. The van der Waals surface area contributed by atoms with E-state index in [1.807, 2.05) is 48.7 Å². The fraction of sp³-hybridized carbons (Fsp3) is 0.273. The Morgan fingerprint density at radius 3 is 2.73 bits per heavy atom. The van der Waals surface area contributed by atoms with Gasteiger partial charge in [-0.2, -0.15) is 0 Å². The van der Waals surface area contributed by atoms with Crippen LogP contribution in [0.2, 0.25) is 0 Å². The van der Waals surface area contributed by atoms with E-state index in [4.69, 9.17) is 4.74 Å². The number of hydroxylamine groups is 3. The van der Waals surface area contributed by atoms with Crippen LogP contribution in [-0.4, -0.2) is 29.3 Å². The Hall–Kier alpha value is -2.56. The van der Waals surface area contributed by atoms with E-state index in [0.717, 1.165) is 29.7 Å². The lowest BCUT2D eigenvalue weighted by atomic mass is 10.1. The molecule has 1 aliphatic heterocycles. The summed E-state index contributed by atoms with van der Waals surface area (Å²) in [6, 6.07) is 18.3. The van der Waals surface area contributed by atoms with Gasteiger partial charge >= 0.3 is 0 Å². The number of nitrogens with zero attached hydrogens (tertiary/aromatic N) is 1. The molecule has 26 heavy (non-hydrogen) atoms. The van der Waals surface area contributed by atoms with Crippen molar-refractivity contribution in [1.82, 2.24) is 4.98 Å². The number of hydrogen-bond donors (Lipinski definition) is 1. The summed E-state index contributed by atoms with van der Waals surface area (Å²) in [7, 11) is 0. The Morgan fingerprint density at radius 2 is 1.85 bits per heavy atom. The molecule has 0 bridgehead atoms. The van der Waals surface area contributed by atoms with Gasteiger partial charge in [0.2, 0.25) is 0 Å². The third-order valence-electron chi connectivity index (χ3n) is 5.08. The Bertz CT molecular complexity index is 901. The summed E-state index contributed by atoms with van der Waals surface area (Å²) in [5, 5.41) is 14.4. The zero-order chi connectivity index (χ0) is 17.8. The zero-order valence-corrected chi connectivity index (χ0v) is 14.9. The maximum Gasteiger partial charge on any atom is 0.147 e. The monoisotopic (exact) mass is 348 g/mol. The van der Waals surface area contributed by atoms with Crippen molar-refractivity contribution >= 4 is 10.9 Å². The second kappa shape index (κ2) is 7.36. The Morgan fingerprint density at radius 1 is 1.04 bits per heavy atom. The highest BCUT2D eigenvalue weighted by Crippen LogP contribution is 2.23. The number of ether oxygens (including phenoxy) is 1. The van der Waals surface area contributed by atoms with Crippen LogP contribution in [0.4, 0.5) is 0 Å². The number of para-hydroxylation sites is 1. The molecule has 1 atom stereocenters. The second-order valence-electron chi connectivity index (χ2n) is 7.01. The lowest BCUT2D eigenvalue weighted by Gasteiger charge is -2.45. The summed E-state index contributed by atoms with van der Waals surface area (Å²) < 4.78 is 5.70. The number of fused-ring (bicyclic) bond motifs is 1. The number of rotatable bonds is 6. The molecule has 0 radical (unpaired) electrons. The van der Waals surface area contributed by atoms with Gasteiger partial charge in [0.05, 0.1) is 13.1 Å². The van der Waals surface area contributed by atoms with Crippen LogP contribution in [0.3, 0.4) is 0 Å². The van der Waals surface area contributed by atoms with E-state index < -0.39 is 0 Å². The first kappa shape index (κ1) is 16.9. The minimum atomic E-state index is -0.208. The number of aromatic amines is 1. The summed E-state index contributed by atoms with van der Waals surface area (Å²) >= 11 is 0. The fourth-order valence-corrected chi connectivity index (χ4v) is 3.60. The molecule has 1 aromatic heterocycles. The molecule has 0 aliphatic carbocycles. The van der Waals surface area contributed by atoms with Gasteiger partial charge in [-0.15, -0.1) is 0 Å². The Balaban J connectivity index is 1.37. The summed E-state index contributed by atoms with van der Waals surface area (Å²) in [6.45, 7) is 2.15. The van der Waals surface area contributed by atoms with E-state index in [1.165, 1.54) is 10.9 Å². The molecular formula is C22H24N2O2. The fourth-order valence-electron chi connectivity index (χ4n) is 3.60. The summed E-state index contributed by atoms with van der Waals surface area (Å²) in [5.74, 6) is 0.828. The molecule has 2 heterocycles. The molecule has 0 amide bonds. The quantitative estimate of drug-likeness (QED) is 0.525. The van der Waals surface area contributed by atoms with Crippen LogP contribution in [0.5, 0.6) is 0 Å². The van der Waals surface area contributed by atoms with Gasteiger partial charge in [-0.25, -0.2) is 0 Å². The summed E-state index contributed by atoms with van der Waals surface area (Å²) in [6.07, 6.45) is 5.66. The van der Waals surface area contributed by atoms with E-state index in [2.05, 4.69) is 23.2 Å². The van der Waals surface area contributed by atoms with E-state index in [9.17, 15) is 5.21 Å². The molecule has 4 nitrogen and oxygen atoms in total. The zero-order valence-electron chi connectivity index (χ0n) is 14.9. The second-order valence-corrected chi connectivity index (χ2v) is 7.01. The highest BCUT2D eigenvalue weighted by Gasteiger charge is 2.24. The largest absolute Gasteiger partial charge is 0.632 e. The molecule has 1 N–H and O–H groups in total. The molecule has 1 unspecified atom stereocenters. The van der Waals surface area contributed by atoms with Crippen molar-refractivity contribution in [2.75, 3.05) is 19.6 Å². The standard InChI is InChI=1S/C22H24N2O2/c25-24(14-12-19-15-23-22-11-5-4-10-21(19)22)13-6-9-20(16-24)26-17-18-7-2-1-3-8-18/h1-5,7-11,15,23H,6,12-14,16-17H2. The van der Waals surface area contributed by atoms with Crippen LogP contribution < -0.4 is 0 Å². The van der Waals surface area contributed by atoms with Crippen LogP contribution in [0.1, 0.15) is 17.5 Å². The van der Waals surface area contributed by atoms with E-state index in [1.54, 1.807) is 0 Å². The molecule has 1 aliphatic rings. The summed E-state index contributed by atoms with van der Waals surface area (Å²) in [5.41, 5.74) is 3.47. The lowest BCUT2D eigenvalue weighted by Crippen LogP contribution is -2.47. The number of H-pyrrole nitrogens is 1. The van der Waals surface area contributed by atoms with Gasteiger partial charge < -0.3 is 19.6 Å². The Kier molecular flexibility index (Phi) is 4.78. The van der Waals surface area contributed by atoms with Crippen LogP contribution in [0.25, 0.3) is 10.9 Å². The van der Waals surface area contributed by atoms with Crippen molar-refractivity contribution in [3.05, 3.63) is 89.0 Å². The number of nitrogens with one attached hydrogen (secondary N) is 1. The van der Waals surface area contributed by atoms with Crippen molar-refractivity contribution in [1.29, 1.82) is 0 Å². The van der Waals surface area contributed by atoms with Gasteiger partial charge in [-0.3, -0.25) is 0 Å². The first-order valence-corrected chi connectivity index (χ1v) is 9.20. The average molecular weight is 348 g/mol. The molecule has 0 saturated carbocycles. The van der Waals surface area contributed by atoms with Crippen molar-refractivity contribution in [3.8, 4) is 0 Å². The van der Waals surface area contributed by atoms with Gasteiger partial charge in [0.1, 0.15) is 18.9 Å². The molecule has 3 aromatic rings. The molecular weight excluding hydrogens is 324 g/mol. The van der Waals surface area contributed by atoms with E-state index in [0.29, 0.717) is 26.2 Å². The van der Waals surface area contributed by atoms with Crippen molar-refractivity contribution in [2.24, 2.45) is 0 Å². The summed E-state index contributed by atoms with van der Waals surface area (Å²) in [4.78, 5) is 3.29. The normalized spacial score (nSPS) is 20.1. The highest BCUT2D eigenvalue weighted by atomic mass is 16.6. The van der Waals surface area contributed by atoms with Gasteiger partial charge in [-0.05, 0) is 23.3 Å². The topological polar surface area (TPSA) is 48.1 Å². The van der Waals surface area contributed by atoms with Crippen LogP contribution >= 0.6 is 0 Å². The number of benzene rings is 2. The van der Waals surface area contributed by atoms with E-state index in [-0.39, 0.29) is 4.65 Å². The molecule has 4 heteroatoms. The molecule has 4 rings (SSSR count). The number of aromatic nitrogens is 1. The van der Waals surface area contributed by atoms with Gasteiger partial charge in [0.15, 0.2) is 0 Å². The number of hydrogen-bond acceptors (Lipinski definition) is 2. The third kappa shape index (κ3) is 3.82. The Labute approximate surface area is 153 Å². The predicted octanol–water partition coefficient (Wildman–Crippen LogP) is 4.53. The number of quaternary nitrogens is 1. The van der Waals surface area contributed by atoms with Crippen molar-refractivity contribution in [2.45, 2.75) is 19.4 Å². The maximum atomic E-state index is 13.2. The van der Waals surface area contributed by atoms with Crippen LogP contribution in [-0.2, 0) is 17.8 Å². The van der Waals surface area contributed by atoms with Gasteiger partial charge in [0, 0.05) is 29.9 Å². The first-order chi connectivity index (χ1) is 12.7. The maximum absolute atomic E-state index is 13.2. The van der Waals surface area contributed by atoms with Crippen LogP contribution in [0, 0.1) is 5.21 Å². The highest BCUT2D eigenvalue weighted by molar-refractivity contribution is 5.83. The van der Waals surface area contributed by atoms with Gasteiger partial charge in [0.25, 0.3) is 0 Å². The molecule has 134 valence electrons. The SMILES string of the molecule is [O-][N+]1(CCc2c[nH]c3ccccc23)CCC=C(OCc2ccccc2)C1. The van der Waals surface area contributed by atoms with Crippen molar-refractivity contribution in [3.63, 3.8) is 0 Å². The lowest BCUT2D eigenvalue weighted by molar-refractivity contribution is -0.878. The van der Waals surface area contributed by atoms with Gasteiger partial charge in [-0.1, -0.05) is 48.5 Å².